The van der Waals surface area contributed by atoms with E-state index in [4.69, 9.17) is 4.74 Å². The highest BCUT2D eigenvalue weighted by atomic mass is 32.2. The highest BCUT2D eigenvalue weighted by Crippen LogP contribution is 2.11. The van der Waals surface area contributed by atoms with Crippen LogP contribution < -0.4 is 10.1 Å². The summed E-state index contributed by atoms with van der Waals surface area (Å²) < 4.78 is 5.13. The predicted octanol–water partition coefficient (Wildman–Crippen LogP) is 3.80. The maximum atomic E-state index is 11.8. The van der Waals surface area contributed by atoms with Crippen LogP contribution in [-0.4, -0.2) is 31.1 Å². The number of rotatable bonds is 9. The van der Waals surface area contributed by atoms with Crippen LogP contribution in [0.25, 0.3) is 6.08 Å². The molecule has 0 bridgehead atoms. The Balaban J connectivity index is 1.57. The van der Waals surface area contributed by atoms with Crippen LogP contribution in [0.1, 0.15) is 11.1 Å². The van der Waals surface area contributed by atoms with Crippen molar-refractivity contribution in [3.63, 3.8) is 0 Å². The van der Waals surface area contributed by atoms with Crippen molar-refractivity contribution in [3.8, 4) is 5.75 Å². The number of amides is 1. The maximum Gasteiger partial charge on any atom is 0.230 e. The molecule has 2 aromatic rings. The Bertz CT molecular complexity index is 638. The standard InChI is InChI=1S/C20H23NO2S/c1-23-19-11-9-18(10-12-19)13-14-21-20(22)16-24-15-5-8-17-6-3-2-4-7-17/h2-12H,13-16H2,1H3,(H,21,22)/b8-5+. The largest absolute Gasteiger partial charge is 0.497 e. The molecular formula is C20H23NO2S. The molecule has 0 saturated carbocycles. The molecule has 2 aromatic carbocycles. The summed E-state index contributed by atoms with van der Waals surface area (Å²) in [5, 5.41) is 2.95. The molecule has 0 unspecified atom stereocenters. The van der Waals surface area contributed by atoms with Gasteiger partial charge >= 0.3 is 0 Å². The highest BCUT2D eigenvalue weighted by molar-refractivity contribution is 8.00. The van der Waals surface area contributed by atoms with Gasteiger partial charge in [0.2, 0.25) is 5.91 Å². The molecule has 0 spiro atoms. The molecule has 0 heterocycles. The lowest BCUT2D eigenvalue weighted by Gasteiger charge is -2.06. The van der Waals surface area contributed by atoms with E-state index in [0.717, 1.165) is 17.9 Å². The summed E-state index contributed by atoms with van der Waals surface area (Å²) in [6.07, 6.45) is 4.99. The Hall–Kier alpha value is -2.20. The van der Waals surface area contributed by atoms with E-state index in [1.54, 1.807) is 18.9 Å². The van der Waals surface area contributed by atoms with Gasteiger partial charge in [-0.2, -0.15) is 0 Å². The molecule has 0 saturated heterocycles. The molecule has 0 aromatic heterocycles. The van der Waals surface area contributed by atoms with Crippen molar-refractivity contribution in [1.29, 1.82) is 0 Å². The minimum Gasteiger partial charge on any atom is -0.497 e. The topological polar surface area (TPSA) is 38.3 Å². The van der Waals surface area contributed by atoms with E-state index in [0.29, 0.717) is 12.3 Å². The van der Waals surface area contributed by atoms with Gasteiger partial charge in [-0.15, -0.1) is 11.8 Å². The normalized spacial score (nSPS) is 10.7. The summed E-state index contributed by atoms with van der Waals surface area (Å²) in [6.45, 7) is 0.658. The zero-order chi connectivity index (χ0) is 17.0. The fraction of sp³-hybridized carbons (Fsp3) is 0.250. The molecule has 1 N–H and O–H groups in total. The van der Waals surface area contributed by atoms with Gasteiger partial charge in [-0.05, 0) is 29.7 Å². The van der Waals surface area contributed by atoms with Crippen LogP contribution in [0.15, 0.2) is 60.7 Å². The van der Waals surface area contributed by atoms with Crippen molar-refractivity contribution in [2.45, 2.75) is 6.42 Å². The second kappa shape index (κ2) is 10.6. The Morgan fingerprint density at radius 3 is 2.58 bits per heavy atom. The Morgan fingerprint density at radius 2 is 1.88 bits per heavy atom. The smallest absolute Gasteiger partial charge is 0.230 e. The van der Waals surface area contributed by atoms with Gasteiger partial charge in [0.25, 0.3) is 0 Å². The Labute approximate surface area is 148 Å². The number of benzene rings is 2. The van der Waals surface area contributed by atoms with E-state index in [-0.39, 0.29) is 5.91 Å². The SMILES string of the molecule is COc1ccc(CCNC(=O)CSC/C=C/c2ccccc2)cc1. The first-order valence-corrected chi connectivity index (χ1v) is 9.12. The number of ether oxygens (including phenoxy) is 1. The second-order valence-electron chi connectivity index (χ2n) is 5.28. The molecule has 126 valence electrons. The fourth-order valence-electron chi connectivity index (χ4n) is 2.16. The minimum atomic E-state index is 0.0848. The lowest BCUT2D eigenvalue weighted by molar-refractivity contribution is -0.118. The fourth-order valence-corrected chi connectivity index (χ4v) is 2.80. The molecule has 0 aliphatic carbocycles. The van der Waals surface area contributed by atoms with Crippen molar-refractivity contribution in [3.05, 3.63) is 71.8 Å². The van der Waals surface area contributed by atoms with Crippen molar-refractivity contribution in [2.75, 3.05) is 25.2 Å². The third-order valence-electron chi connectivity index (χ3n) is 3.45. The average molecular weight is 341 g/mol. The van der Waals surface area contributed by atoms with Crippen LogP contribution in [0.5, 0.6) is 5.75 Å². The molecular weight excluding hydrogens is 318 g/mol. The molecule has 0 aliphatic heterocycles. The number of carbonyl (C=O) groups excluding carboxylic acids is 1. The van der Waals surface area contributed by atoms with Gasteiger partial charge in [0.05, 0.1) is 12.9 Å². The van der Waals surface area contributed by atoms with Crippen molar-refractivity contribution >= 4 is 23.7 Å². The van der Waals surface area contributed by atoms with Crippen molar-refractivity contribution in [1.82, 2.24) is 5.32 Å². The zero-order valence-electron chi connectivity index (χ0n) is 13.9. The second-order valence-corrected chi connectivity index (χ2v) is 6.31. The first-order chi connectivity index (χ1) is 11.8. The number of hydrogen-bond acceptors (Lipinski definition) is 3. The predicted molar refractivity (Wildman–Crippen MR) is 103 cm³/mol. The van der Waals surface area contributed by atoms with Crippen LogP contribution >= 0.6 is 11.8 Å². The molecule has 4 heteroatoms. The summed E-state index contributed by atoms with van der Waals surface area (Å²) >= 11 is 1.62. The molecule has 24 heavy (non-hydrogen) atoms. The van der Waals surface area contributed by atoms with Gasteiger partial charge in [-0.25, -0.2) is 0 Å². The molecule has 2 rings (SSSR count). The van der Waals surface area contributed by atoms with Crippen molar-refractivity contribution < 1.29 is 9.53 Å². The van der Waals surface area contributed by atoms with Crippen LogP contribution in [0.2, 0.25) is 0 Å². The van der Waals surface area contributed by atoms with Crippen LogP contribution in [0.4, 0.5) is 0 Å². The third-order valence-corrected chi connectivity index (χ3v) is 4.35. The summed E-state index contributed by atoms with van der Waals surface area (Å²) in [5.41, 5.74) is 2.37. The number of thioether (sulfide) groups is 1. The molecule has 1 amide bonds. The Kier molecular flexibility index (Phi) is 7.98. The number of carbonyl (C=O) groups is 1. The molecule has 3 nitrogen and oxygen atoms in total. The number of hydrogen-bond donors (Lipinski definition) is 1. The Morgan fingerprint density at radius 1 is 1.12 bits per heavy atom. The van der Waals surface area contributed by atoms with E-state index in [1.165, 1.54) is 11.1 Å². The van der Waals surface area contributed by atoms with Gasteiger partial charge < -0.3 is 10.1 Å². The lowest BCUT2D eigenvalue weighted by Crippen LogP contribution is -2.27. The van der Waals surface area contributed by atoms with Gasteiger partial charge in [-0.3, -0.25) is 4.79 Å². The summed E-state index contributed by atoms with van der Waals surface area (Å²) in [5.74, 6) is 2.26. The first kappa shape index (κ1) is 18.1. The molecule has 0 radical (unpaired) electrons. The average Bonchev–Trinajstić information content (AvgIpc) is 2.63. The highest BCUT2D eigenvalue weighted by Gasteiger charge is 2.00. The van der Waals surface area contributed by atoms with Gasteiger partial charge in [0.1, 0.15) is 5.75 Å². The van der Waals surface area contributed by atoms with Gasteiger partial charge in [-0.1, -0.05) is 54.6 Å². The molecule has 0 aliphatic rings. The van der Waals surface area contributed by atoms with E-state index in [9.17, 15) is 4.79 Å². The number of nitrogens with one attached hydrogen (secondary N) is 1. The van der Waals surface area contributed by atoms with Crippen LogP contribution in [0, 0.1) is 0 Å². The first-order valence-electron chi connectivity index (χ1n) is 7.97. The van der Waals surface area contributed by atoms with Crippen LogP contribution in [0.3, 0.4) is 0 Å². The van der Waals surface area contributed by atoms with Gasteiger partial charge in [0.15, 0.2) is 0 Å². The molecule has 0 fully saturated rings. The quantitative estimate of drug-likeness (QED) is 0.705. The lowest BCUT2D eigenvalue weighted by atomic mass is 10.1. The maximum absolute atomic E-state index is 11.8. The number of methoxy groups -OCH3 is 1. The van der Waals surface area contributed by atoms with Crippen molar-refractivity contribution in [2.24, 2.45) is 0 Å². The summed E-state index contributed by atoms with van der Waals surface area (Å²) in [6, 6.07) is 18.1. The summed E-state index contributed by atoms with van der Waals surface area (Å²) in [7, 11) is 1.65. The summed E-state index contributed by atoms with van der Waals surface area (Å²) in [4.78, 5) is 11.8. The van der Waals surface area contributed by atoms with E-state index >= 15 is 0 Å². The minimum absolute atomic E-state index is 0.0848. The van der Waals surface area contributed by atoms with E-state index in [2.05, 4.69) is 29.6 Å². The molecule has 0 atom stereocenters. The zero-order valence-corrected chi connectivity index (χ0v) is 14.7. The van der Waals surface area contributed by atoms with Gasteiger partial charge in [0, 0.05) is 12.3 Å². The van der Waals surface area contributed by atoms with Crippen LogP contribution in [-0.2, 0) is 11.2 Å². The monoisotopic (exact) mass is 341 g/mol. The van der Waals surface area contributed by atoms with E-state index in [1.807, 2.05) is 42.5 Å². The van der Waals surface area contributed by atoms with E-state index < -0.39 is 0 Å². The third kappa shape index (κ3) is 6.92.